The summed E-state index contributed by atoms with van der Waals surface area (Å²) in [4.78, 5) is 51.3. The van der Waals surface area contributed by atoms with E-state index in [1.165, 1.54) is 0 Å². The van der Waals surface area contributed by atoms with Crippen LogP contribution in [0.25, 0.3) is 0 Å². The van der Waals surface area contributed by atoms with Crippen LogP contribution in [0, 0.1) is 18.8 Å². The van der Waals surface area contributed by atoms with Crippen LogP contribution in [0.2, 0.25) is 0 Å². The molecule has 9 heteroatoms. The number of carboxylic acids is 2. The molecule has 156 valence electrons. The van der Waals surface area contributed by atoms with Crippen LogP contribution in [-0.2, 0) is 19.2 Å². The van der Waals surface area contributed by atoms with Gasteiger partial charge in [-0.25, -0.2) is 0 Å². The highest BCUT2D eigenvalue weighted by Crippen LogP contribution is 2.50. The summed E-state index contributed by atoms with van der Waals surface area (Å²) < 4.78 is 0. The number of carboxylic acid groups (broad SMARTS) is 2. The molecule has 2 amide bonds. The highest BCUT2D eigenvalue weighted by molar-refractivity contribution is 7.98. The molecule has 0 bridgehead atoms. The Morgan fingerprint density at radius 2 is 1.90 bits per heavy atom. The first-order chi connectivity index (χ1) is 13.7. The molecule has 2 heterocycles. The normalized spacial score (nSPS) is 28.6. The fourth-order valence-corrected chi connectivity index (χ4v) is 4.94. The summed E-state index contributed by atoms with van der Waals surface area (Å²) in [5.74, 6) is -5.27. The van der Waals surface area contributed by atoms with Crippen LogP contribution in [0.3, 0.4) is 0 Å². The van der Waals surface area contributed by atoms with Crippen molar-refractivity contribution in [3.63, 3.8) is 0 Å². The largest absolute Gasteiger partial charge is 0.481 e. The number of fused-ring (bicyclic) bond motifs is 1. The van der Waals surface area contributed by atoms with Crippen LogP contribution in [0.4, 0.5) is 0 Å². The summed E-state index contributed by atoms with van der Waals surface area (Å²) in [5.41, 5.74) is -0.505. The molecule has 29 heavy (non-hydrogen) atoms. The molecule has 1 aromatic rings. The van der Waals surface area contributed by atoms with Crippen LogP contribution in [-0.4, -0.2) is 63.0 Å². The van der Waals surface area contributed by atoms with Gasteiger partial charge in [0, 0.05) is 12.6 Å². The zero-order valence-electron chi connectivity index (χ0n) is 16.3. The van der Waals surface area contributed by atoms with E-state index in [-0.39, 0.29) is 6.54 Å². The molecule has 0 aliphatic carbocycles. The molecular formula is C20H24N2O6S. The maximum absolute atomic E-state index is 13.2. The van der Waals surface area contributed by atoms with Gasteiger partial charge in [-0.15, -0.1) is 0 Å². The summed E-state index contributed by atoms with van der Waals surface area (Å²) in [5, 5.41) is 22.3. The molecule has 0 aromatic heterocycles. The van der Waals surface area contributed by atoms with E-state index in [0.717, 1.165) is 16.2 Å². The second-order valence-corrected chi connectivity index (χ2v) is 8.49. The fourth-order valence-electron chi connectivity index (χ4n) is 4.53. The Morgan fingerprint density at radius 3 is 2.48 bits per heavy atom. The number of amides is 2. The Morgan fingerprint density at radius 1 is 1.21 bits per heavy atom. The van der Waals surface area contributed by atoms with Gasteiger partial charge in [-0.3, -0.25) is 29.4 Å². The number of benzene rings is 1. The van der Waals surface area contributed by atoms with Crippen molar-refractivity contribution in [2.24, 2.45) is 11.8 Å². The van der Waals surface area contributed by atoms with Gasteiger partial charge in [0.25, 0.3) is 0 Å². The van der Waals surface area contributed by atoms with Gasteiger partial charge in [0.05, 0.1) is 18.3 Å². The van der Waals surface area contributed by atoms with E-state index >= 15 is 0 Å². The Kier molecular flexibility index (Phi) is 6.00. The monoisotopic (exact) mass is 420 g/mol. The van der Waals surface area contributed by atoms with Crippen molar-refractivity contribution in [2.45, 2.75) is 31.3 Å². The lowest BCUT2D eigenvalue weighted by molar-refractivity contribution is -0.156. The number of hydrogen-bond donors (Lipinski definition) is 3. The first-order valence-electron chi connectivity index (χ1n) is 9.37. The minimum absolute atomic E-state index is 0.203. The number of aryl methyl sites for hydroxylation is 1. The number of imide groups is 1. The number of nitrogens with zero attached hydrogens (tertiary/aromatic N) is 1. The summed E-state index contributed by atoms with van der Waals surface area (Å²) in [6.07, 6.45) is 1.73. The molecule has 2 aliphatic rings. The summed E-state index contributed by atoms with van der Waals surface area (Å²) in [6, 6.07) is 6.45. The zero-order chi connectivity index (χ0) is 21.3. The lowest BCUT2D eigenvalue weighted by Crippen LogP contribution is -2.57. The average Bonchev–Trinajstić information content (AvgIpc) is 3.11. The lowest BCUT2D eigenvalue weighted by Gasteiger charge is -2.30. The third-order valence-corrected chi connectivity index (χ3v) is 6.51. The van der Waals surface area contributed by atoms with E-state index in [2.05, 4.69) is 5.32 Å². The molecule has 3 N–H and O–H groups in total. The summed E-state index contributed by atoms with van der Waals surface area (Å²) in [6.45, 7) is 2.04. The van der Waals surface area contributed by atoms with Gasteiger partial charge in [-0.05, 0) is 36.5 Å². The Balaban J connectivity index is 2.09. The number of nitrogens with one attached hydrogen (secondary N) is 1. The molecule has 4 unspecified atom stereocenters. The Bertz CT molecular complexity index is 859. The maximum Gasteiger partial charge on any atom is 0.325 e. The summed E-state index contributed by atoms with van der Waals surface area (Å²) in [7, 11) is 0. The standard InChI is InChI=1S/C20H24N2O6S/c1-11-6-3-4-7-12(11)16-14-15(20(21-16,19(27)28)10-13(23)24)18(26)22(17(14)25)8-5-9-29-2/h3-4,6-7,14-16,21H,5,8-10H2,1-2H3,(H,23,24)(H,27,28). The molecule has 4 atom stereocenters. The van der Waals surface area contributed by atoms with E-state index in [0.29, 0.717) is 12.0 Å². The molecule has 2 aliphatic heterocycles. The van der Waals surface area contributed by atoms with E-state index < -0.39 is 53.6 Å². The number of likely N-dealkylation sites (tertiary alicyclic amines) is 1. The van der Waals surface area contributed by atoms with Crippen molar-refractivity contribution in [3.05, 3.63) is 35.4 Å². The third-order valence-electron chi connectivity index (χ3n) is 5.81. The second-order valence-electron chi connectivity index (χ2n) is 7.50. The van der Waals surface area contributed by atoms with Crippen molar-refractivity contribution in [1.82, 2.24) is 10.2 Å². The molecule has 2 fully saturated rings. The lowest BCUT2D eigenvalue weighted by atomic mass is 9.77. The molecule has 0 saturated carbocycles. The quantitative estimate of drug-likeness (QED) is 0.425. The van der Waals surface area contributed by atoms with Crippen LogP contribution >= 0.6 is 11.8 Å². The molecule has 1 aromatic carbocycles. The first-order valence-corrected chi connectivity index (χ1v) is 10.8. The molecule has 3 rings (SSSR count). The SMILES string of the molecule is CSCCCN1C(=O)C2C(c3ccccc3C)NC(CC(=O)O)(C(=O)O)C2C1=O. The number of thioether (sulfide) groups is 1. The summed E-state index contributed by atoms with van der Waals surface area (Å²) >= 11 is 1.59. The number of carbonyl (C=O) groups is 4. The number of carbonyl (C=O) groups excluding carboxylic acids is 2. The van der Waals surface area contributed by atoms with Gasteiger partial charge in [0.1, 0.15) is 5.54 Å². The van der Waals surface area contributed by atoms with Gasteiger partial charge < -0.3 is 10.2 Å². The van der Waals surface area contributed by atoms with Crippen molar-refractivity contribution in [1.29, 1.82) is 0 Å². The zero-order valence-corrected chi connectivity index (χ0v) is 17.1. The molecular weight excluding hydrogens is 396 g/mol. The first kappa shape index (κ1) is 21.3. The van der Waals surface area contributed by atoms with Crippen LogP contribution in [0.15, 0.2) is 24.3 Å². The van der Waals surface area contributed by atoms with E-state index in [9.17, 15) is 29.4 Å². The van der Waals surface area contributed by atoms with Crippen molar-refractivity contribution in [3.8, 4) is 0 Å². The average molecular weight is 420 g/mol. The van der Waals surface area contributed by atoms with Gasteiger partial charge in [0.2, 0.25) is 11.8 Å². The highest BCUT2D eigenvalue weighted by Gasteiger charge is 2.69. The van der Waals surface area contributed by atoms with E-state index in [1.807, 2.05) is 25.3 Å². The molecule has 0 spiro atoms. The van der Waals surface area contributed by atoms with Crippen molar-refractivity contribution < 1.29 is 29.4 Å². The van der Waals surface area contributed by atoms with E-state index in [1.54, 1.807) is 23.9 Å². The fraction of sp³-hybridized carbons (Fsp3) is 0.500. The number of hydrogen-bond acceptors (Lipinski definition) is 6. The molecule has 8 nitrogen and oxygen atoms in total. The second kappa shape index (κ2) is 8.16. The Hall–Kier alpha value is -2.39. The van der Waals surface area contributed by atoms with Crippen LogP contribution < -0.4 is 5.32 Å². The van der Waals surface area contributed by atoms with Crippen LogP contribution in [0.5, 0.6) is 0 Å². The van der Waals surface area contributed by atoms with Gasteiger partial charge in [-0.1, -0.05) is 24.3 Å². The predicted molar refractivity (Wildman–Crippen MR) is 106 cm³/mol. The van der Waals surface area contributed by atoms with Crippen molar-refractivity contribution in [2.75, 3.05) is 18.6 Å². The minimum Gasteiger partial charge on any atom is -0.481 e. The van der Waals surface area contributed by atoms with Gasteiger partial charge in [0.15, 0.2) is 0 Å². The number of rotatable bonds is 8. The van der Waals surface area contributed by atoms with Crippen molar-refractivity contribution >= 4 is 35.5 Å². The topological polar surface area (TPSA) is 124 Å². The van der Waals surface area contributed by atoms with Gasteiger partial charge >= 0.3 is 11.9 Å². The third kappa shape index (κ3) is 3.53. The minimum atomic E-state index is -2.04. The number of aliphatic carboxylic acids is 2. The van der Waals surface area contributed by atoms with E-state index in [4.69, 9.17) is 0 Å². The van der Waals surface area contributed by atoms with Gasteiger partial charge in [-0.2, -0.15) is 11.8 Å². The molecule has 0 radical (unpaired) electrons. The van der Waals surface area contributed by atoms with Crippen LogP contribution in [0.1, 0.15) is 30.0 Å². The predicted octanol–water partition coefficient (Wildman–Crippen LogP) is 1.29. The Labute approximate surface area is 172 Å². The highest BCUT2D eigenvalue weighted by atomic mass is 32.2. The molecule has 2 saturated heterocycles. The maximum atomic E-state index is 13.2. The smallest absolute Gasteiger partial charge is 0.325 e.